The molecule has 1 N–H and O–H groups in total. The van der Waals surface area contributed by atoms with Gasteiger partial charge < -0.3 is 10.1 Å². The molecule has 1 aromatic carbocycles. The van der Waals surface area contributed by atoms with E-state index in [1.54, 1.807) is 0 Å². The van der Waals surface area contributed by atoms with Crippen LogP contribution >= 0.6 is 0 Å². The number of ether oxygens (including phenoxy) is 1. The van der Waals surface area contributed by atoms with Crippen molar-refractivity contribution in [3.8, 4) is 0 Å². The van der Waals surface area contributed by atoms with Crippen molar-refractivity contribution in [3.05, 3.63) is 35.9 Å². The van der Waals surface area contributed by atoms with E-state index in [1.807, 2.05) is 30.3 Å². The summed E-state index contributed by atoms with van der Waals surface area (Å²) in [6, 6.07) is 9.40. The largest absolute Gasteiger partial charge is 0.377 e. The van der Waals surface area contributed by atoms with Crippen LogP contribution in [-0.2, 0) is 14.3 Å². The molecule has 1 aliphatic carbocycles. The van der Waals surface area contributed by atoms with Crippen molar-refractivity contribution in [1.82, 2.24) is 5.32 Å². The van der Waals surface area contributed by atoms with E-state index < -0.39 is 0 Å². The number of carbonyl (C=O) groups is 2. The van der Waals surface area contributed by atoms with Gasteiger partial charge in [0.15, 0.2) is 5.78 Å². The van der Waals surface area contributed by atoms with E-state index in [0.29, 0.717) is 0 Å². The molecule has 2 rings (SSSR count). The smallest absolute Gasteiger partial charge is 0.223 e. The number of methoxy groups -OCH3 is 1. The lowest BCUT2D eigenvalue weighted by molar-refractivity contribution is -0.126. The maximum absolute atomic E-state index is 12.3. The van der Waals surface area contributed by atoms with E-state index in [2.05, 4.69) is 5.32 Å². The second-order valence-corrected chi connectivity index (χ2v) is 5.63. The molecule has 0 bridgehead atoms. The monoisotopic (exact) mass is 289 g/mol. The van der Waals surface area contributed by atoms with Crippen LogP contribution in [0.25, 0.3) is 0 Å². The quantitative estimate of drug-likeness (QED) is 0.839. The molecular weight excluding hydrogens is 266 g/mol. The zero-order chi connectivity index (χ0) is 15.1. The minimum atomic E-state index is -0.262. The predicted molar refractivity (Wildman–Crippen MR) is 80.8 cm³/mol. The van der Waals surface area contributed by atoms with Gasteiger partial charge in [0.05, 0.1) is 6.04 Å². The van der Waals surface area contributed by atoms with Gasteiger partial charge in [-0.1, -0.05) is 43.2 Å². The Hall–Kier alpha value is -1.68. The molecule has 1 atom stereocenters. The maximum Gasteiger partial charge on any atom is 0.223 e. The molecule has 114 valence electrons. The number of Topliss-reactive ketones (excluding diaryl/α,β-unsaturated/α-hetero) is 1. The number of amides is 1. The van der Waals surface area contributed by atoms with Gasteiger partial charge in [-0.3, -0.25) is 9.59 Å². The molecule has 1 amide bonds. The van der Waals surface area contributed by atoms with Crippen molar-refractivity contribution >= 4 is 11.7 Å². The predicted octanol–water partition coefficient (Wildman–Crippen LogP) is 2.64. The fraction of sp³-hybridized carbons (Fsp3) is 0.529. The highest BCUT2D eigenvalue weighted by molar-refractivity contribution is 5.83. The highest BCUT2D eigenvalue weighted by Gasteiger charge is 2.26. The second kappa shape index (κ2) is 7.93. The van der Waals surface area contributed by atoms with Gasteiger partial charge in [0.2, 0.25) is 5.91 Å². The van der Waals surface area contributed by atoms with Crippen molar-refractivity contribution in [2.75, 3.05) is 13.7 Å². The Morgan fingerprint density at radius 2 is 1.90 bits per heavy atom. The van der Waals surface area contributed by atoms with Gasteiger partial charge in [0.1, 0.15) is 6.61 Å². The van der Waals surface area contributed by atoms with Crippen molar-refractivity contribution < 1.29 is 14.3 Å². The molecule has 0 saturated heterocycles. The number of nitrogens with one attached hydrogen (secondary N) is 1. The summed E-state index contributed by atoms with van der Waals surface area (Å²) in [5, 5.41) is 3.05. The third kappa shape index (κ3) is 4.67. The van der Waals surface area contributed by atoms with Gasteiger partial charge in [-0.15, -0.1) is 0 Å². The number of carbonyl (C=O) groups excluding carboxylic acids is 2. The first-order valence-corrected chi connectivity index (χ1v) is 7.56. The fourth-order valence-corrected chi connectivity index (χ4v) is 2.86. The van der Waals surface area contributed by atoms with E-state index in [0.717, 1.165) is 31.2 Å². The topological polar surface area (TPSA) is 55.4 Å². The molecule has 4 nitrogen and oxygen atoms in total. The summed E-state index contributed by atoms with van der Waals surface area (Å²) in [4.78, 5) is 24.2. The van der Waals surface area contributed by atoms with E-state index >= 15 is 0 Å². The van der Waals surface area contributed by atoms with E-state index in [-0.39, 0.29) is 36.7 Å². The van der Waals surface area contributed by atoms with Crippen molar-refractivity contribution in [1.29, 1.82) is 0 Å². The summed E-state index contributed by atoms with van der Waals surface area (Å²) >= 11 is 0. The lowest BCUT2D eigenvalue weighted by Gasteiger charge is -2.21. The average Bonchev–Trinajstić information content (AvgIpc) is 3.02. The molecule has 0 aromatic heterocycles. The minimum Gasteiger partial charge on any atom is -0.377 e. The molecule has 1 fully saturated rings. The van der Waals surface area contributed by atoms with Crippen LogP contribution < -0.4 is 5.32 Å². The molecular formula is C17H23NO3. The van der Waals surface area contributed by atoms with Crippen molar-refractivity contribution in [3.63, 3.8) is 0 Å². The van der Waals surface area contributed by atoms with Gasteiger partial charge in [0, 0.05) is 19.4 Å². The molecule has 1 saturated carbocycles. The molecule has 1 aromatic rings. The normalized spacial score (nSPS) is 16.6. The van der Waals surface area contributed by atoms with Crippen LogP contribution in [0, 0.1) is 5.92 Å². The summed E-state index contributed by atoms with van der Waals surface area (Å²) < 4.78 is 4.88. The molecule has 0 radical (unpaired) electrons. The van der Waals surface area contributed by atoms with Crippen LogP contribution in [0.15, 0.2) is 30.3 Å². The van der Waals surface area contributed by atoms with Crippen molar-refractivity contribution in [2.45, 2.75) is 38.1 Å². The third-order valence-corrected chi connectivity index (χ3v) is 3.98. The molecule has 1 aliphatic rings. The molecule has 0 aliphatic heterocycles. The number of rotatable bonds is 7. The number of hydrogen-bond donors (Lipinski definition) is 1. The Bertz CT molecular complexity index is 466. The summed E-state index contributed by atoms with van der Waals surface area (Å²) in [5.41, 5.74) is 0.966. The Morgan fingerprint density at radius 1 is 1.24 bits per heavy atom. The second-order valence-electron chi connectivity index (χ2n) is 5.63. The van der Waals surface area contributed by atoms with Gasteiger partial charge in [-0.05, 0) is 18.4 Å². The van der Waals surface area contributed by atoms with E-state index in [9.17, 15) is 9.59 Å². The average molecular weight is 289 g/mol. The number of ketones is 1. The summed E-state index contributed by atoms with van der Waals surface area (Å²) in [5.74, 6) is 0.179. The Kier molecular flexibility index (Phi) is 5.93. The zero-order valence-corrected chi connectivity index (χ0v) is 12.5. The van der Waals surface area contributed by atoms with Gasteiger partial charge in [-0.25, -0.2) is 0 Å². The Balaban J connectivity index is 2.04. The van der Waals surface area contributed by atoms with Crippen LogP contribution in [-0.4, -0.2) is 25.4 Å². The van der Waals surface area contributed by atoms with Gasteiger partial charge in [-0.2, -0.15) is 0 Å². The maximum atomic E-state index is 12.3. The van der Waals surface area contributed by atoms with Crippen LogP contribution in [0.2, 0.25) is 0 Å². The molecule has 4 heteroatoms. The summed E-state index contributed by atoms with van der Waals surface area (Å²) in [6.45, 7) is 0.0859. The summed E-state index contributed by atoms with van der Waals surface area (Å²) in [7, 11) is 1.51. The van der Waals surface area contributed by atoms with Crippen LogP contribution in [0.5, 0.6) is 0 Å². The summed E-state index contributed by atoms with van der Waals surface area (Å²) in [6.07, 6.45) is 4.43. The first-order chi connectivity index (χ1) is 10.2. The lowest BCUT2D eigenvalue weighted by atomic mass is 9.99. The van der Waals surface area contributed by atoms with Crippen LogP contribution in [0.4, 0.5) is 0 Å². The molecule has 0 unspecified atom stereocenters. The highest BCUT2D eigenvalue weighted by atomic mass is 16.5. The highest BCUT2D eigenvalue weighted by Crippen LogP contribution is 2.26. The third-order valence-electron chi connectivity index (χ3n) is 3.98. The van der Waals surface area contributed by atoms with E-state index in [4.69, 9.17) is 4.74 Å². The lowest BCUT2D eigenvalue weighted by Crippen LogP contribution is -2.34. The standard InChI is InChI=1S/C17H23NO3/c1-21-12-15(19)11-16(13-7-3-2-4-8-13)18-17(20)14-9-5-6-10-14/h2-4,7-8,14,16H,5-6,9-12H2,1H3,(H,18,20)/t16-/m0/s1. The first-order valence-electron chi connectivity index (χ1n) is 7.56. The first kappa shape index (κ1) is 15.7. The van der Waals surface area contributed by atoms with Crippen LogP contribution in [0.1, 0.15) is 43.7 Å². The zero-order valence-electron chi connectivity index (χ0n) is 12.5. The Morgan fingerprint density at radius 3 is 2.52 bits per heavy atom. The number of benzene rings is 1. The molecule has 21 heavy (non-hydrogen) atoms. The molecule has 0 spiro atoms. The molecule has 0 heterocycles. The van der Waals surface area contributed by atoms with E-state index in [1.165, 1.54) is 7.11 Å². The minimum absolute atomic E-state index is 0.00178. The number of hydrogen-bond acceptors (Lipinski definition) is 3. The fourth-order valence-electron chi connectivity index (χ4n) is 2.86. The Labute approximate surface area is 125 Å². The van der Waals surface area contributed by atoms with Gasteiger partial charge in [0.25, 0.3) is 0 Å². The van der Waals surface area contributed by atoms with Crippen molar-refractivity contribution in [2.24, 2.45) is 5.92 Å². The van der Waals surface area contributed by atoms with Crippen LogP contribution in [0.3, 0.4) is 0 Å². The SMILES string of the molecule is COCC(=O)C[C@H](NC(=O)C1CCCC1)c1ccccc1. The van der Waals surface area contributed by atoms with Gasteiger partial charge >= 0.3 is 0 Å².